The van der Waals surface area contributed by atoms with Crippen LogP contribution in [-0.2, 0) is 4.74 Å². The molecule has 1 heterocycles. The summed E-state index contributed by atoms with van der Waals surface area (Å²) in [5, 5.41) is 0. The molecule has 2 unspecified atom stereocenters. The summed E-state index contributed by atoms with van der Waals surface area (Å²) in [6.45, 7) is 1.56. The molecule has 2 atom stereocenters. The van der Waals surface area contributed by atoms with E-state index in [2.05, 4.69) is 0 Å². The minimum absolute atomic E-state index is 0.115. The Balaban J connectivity index is 2.14. The van der Waals surface area contributed by atoms with Crippen molar-refractivity contribution in [3.63, 3.8) is 0 Å². The smallest absolute Gasteiger partial charge is 0.194 e. The zero-order chi connectivity index (χ0) is 14.7. The van der Waals surface area contributed by atoms with Crippen molar-refractivity contribution in [1.82, 2.24) is 4.90 Å². The maximum atomic E-state index is 13.3. The van der Waals surface area contributed by atoms with Crippen LogP contribution in [0.3, 0.4) is 0 Å². The summed E-state index contributed by atoms with van der Waals surface area (Å²) in [6, 6.07) is 1.63. The first-order chi connectivity index (χ1) is 9.52. The minimum Gasteiger partial charge on any atom is -0.377 e. The van der Waals surface area contributed by atoms with Crippen LogP contribution in [0.5, 0.6) is 0 Å². The third-order valence-corrected chi connectivity index (χ3v) is 3.66. The van der Waals surface area contributed by atoms with Crippen LogP contribution >= 0.6 is 0 Å². The molecular formula is C14H19F3N2O. The van der Waals surface area contributed by atoms with Gasteiger partial charge in [0.2, 0.25) is 0 Å². The number of likely N-dealkylation sites (N-methyl/N-ethyl adjacent to an activating group) is 1. The molecule has 1 aliphatic heterocycles. The molecule has 0 radical (unpaired) electrons. The highest BCUT2D eigenvalue weighted by molar-refractivity contribution is 5.23. The van der Waals surface area contributed by atoms with Gasteiger partial charge in [-0.2, -0.15) is 0 Å². The third kappa shape index (κ3) is 3.31. The second-order valence-electron chi connectivity index (χ2n) is 5.12. The van der Waals surface area contributed by atoms with E-state index >= 15 is 0 Å². The Bertz CT molecular complexity index is 441. The maximum Gasteiger partial charge on any atom is 0.194 e. The first-order valence-corrected chi connectivity index (χ1v) is 6.69. The van der Waals surface area contributed by atoms with Gasteiger partial charge in [0.15, 0.2) is 17.5 Å². The summed E-state index contributed by atoms with van der Waals surface area (Å²) in [6.07, 6.45) is 2.10. The molecule has 0 aliphatic carbocycles. The maximum absolute atomic E-state index is 13.3. The van der Waals surface area contributed by atoms with Gasteiger partial charge >= 0.3 is 0 Å². The highest BCUT2D eigenvalue weighted by Gasteiger charge is 2.24. The quantitative estimate of drug-likeness (QED) is 0.844. The van der Waals surface area contributed by atoms with Gasteiger partial charge in [-0.1, -0.05) is 0 Å². The lowest BCUT2D eigenvalue weighted by Crippen LogP contribution is -2.36. The minimum atomic E-state index is -1.45. The Hall–Kier alpha value is -1.11. The van der Waals surface area contributed by atoms with E-state index in [-0.39, 0.29) is 18.7 Å². The molecule has 0 amide bonds. The summed E-state index contributed by atoms with van der Waals surface area (Å²) in [7, 11) is 1.82. The van der Waals surface area contributed by atoms with Crippen molar-refractivity contribution in [3.8, 4) is 0 Å². The molecule has 1 aromatic rings. The summed E-state index contributed by atoms with van der Waals surface area (Å²) in [5.41, 5.74) is 6.03. The molecule has 112 valence electrons. The Labute approximate surface area is 116 Å². The van der Waals surface area contributed by atoms with Gasteiger partial charge in [-0.3, -0.25) is 4.90 Å². The van der Waals surface area contributed by atoms with Gasteiger partial charge in [0, 0.05) is 25.7 Å². The van der Waals surface area contributed by atoms with Crippen molar-refractivity contribution in [1.29, 1.82) is 0 Å². The number of hydrogen-bond donors (Lipinski definition) is 1. The second-order valence-corrected chi connectivity index (χ2v) is 5.12. The Morgan fingerprint density at radius 3 is 2.50 bits per heavy atom. The lowest BCUT2D eigenvalue weighted by molar-refractivity contribution is 0.0688. The molecule has 0 saturated carbocycles. The Morgan fingerprint density at radius 1 is 1.35 bits per heavy atom. The predicted octanol–water partition coefficient (Wildman–Crippen LogP) is 2.21. The van der Waals surface area contributed by atoms with Gasteiger partial charge in [0.1, 0.15) is 0 Å². The third-order valence-electron chi connectivity index (χ3n) is 3.66. The largest absolute Gasteiger partial charge is 0.377 e. The molecule has 3 nitrogen and oxygen atoms in total. The fourth-order valence-corrected chi connectivity index (χ4v) is 2.57. The standard InChI is InChI=1S/C14H19F3N2O/c1-19(8-10-3-2-4-20-10)13(7-18)9-5-11(15)14(17)12(16)6-9/h5-6,10,13H,2-4,7-8,18H2,1H3. The zero-order valence-corrected chi connectivity index (χ0v) is 11.4. The van der Waals surface area contributed by atoms with Gasteiger partial charge in [0.05, 0.1) is 6.10 Å². The predicted molar refractivity (Wildman–Crippen MR) is 69.7 cm³/mol. The fourth-order valence-electron chi connectivity index (χ4n) is 2.57. The van der Waals surface area contributed by atoms with Gasteiger partial charge < -0.3 is 10.5 Å². The number of ether oxygens (including phenoxy) is 1. The summed E-state index contributed by atoms with van der Waals surface area (Å²) < 4.78 is 45.1. The summed E-state index contributed by atoms with van der Waals surface area (Å²) in [4.78, 5) is 1.89. The number of nitrogens with zero attached hydrogens (tertiary/aromatic N) is 1. The second kappa shape index (κ2) is 6.56. The Kier molecular flexibility index (Phi) is 5.01. The molecule has 0 bridgehead atoms. The summed E-state index contributed by atoms with van der Waals surface area (Å²) >= 11 is 0. The molecule has 1 fully saturated rings. The molecule has 0 aromatic heterocycles. The van der Waals surface area contributed by atoms with Crippen LogP contribution in [0.4, 0.5) is 13.2 Å². The van der Waals surface area contributed by atoms with E-state index in [9.17, 15) is 13.2 Å². The molecule has 0 spiro atoms. The van der Waals surface area contributed by atoms with E-state index in [0.717, 1.165) is 31.6 Å². The zero-order valence-electron chi connectivity index (χ0n) is 11.4. The van der Waals surface area contributed by atoms with Crippen molar-refractivity contribution >= 4 is 0 Å². The van der Waals surface area contributed by atoms with Gasteiger partial charge in [-0.05, 0) is 37.6 Å². The van der Waals surface area contributed by atoms with E-state index in [1.807, 2.05) is 11.9 Å². The molecule has 1 aromatic carbocycles. The lowest BCUT2D eigenvalue weighted by atomic mass is 10.0. The number of nitrogens with two attached hydrogens (primary N) is 1. The van der Waals surface area contributed by atoms with Crippen molar-refractivity contribution in [2.75, 3.05) is 26.7 Å². The highest BCUT2D eigenvalue weighted by Crippen LogP contribution is 2.24. The normalized spacial score (nSPS) is 20.6. The molecule has 20 heavy (non-hydrogen) atoms. The number of halogens is 3. The fraction of sp³-hybridized carbons (Fsp3) is 0.571. The van der Waals surface area contributed by atoms with Gasteiger partial charge in [0.25, 0.3) is 0 Å². The molecular weight excluding hydrogens is 269 g/mol. The SMILES string of the molecule is CN(CC1CCCO1)C(CN)c1cc(F)c(F)c(F)c1. The topological polar surface area (TPSA) is 38.5 Å². The average Bonchev–Trinajstić information content (AvgIpc) is 2.89. The van der Waals surface area contributed by atoms with E-state index in [1.165, 1.54) is 0 Å². The van der Waals surface area contributed by atoms with Crippen molar-refractivity contribution in [3.05, 3.63) is 35.1 Å². The molecule has 1 aliphatic rings. The number of benzene rings is 1. The van der Waals surface area contributed by atoms with Crippen LogP contribution in [0, 0.1) is 17.5 Å². The van der Waals surface area contributed by atoms with Gasteiger partial charge in [-0.25, -0.2) is 13.2 Å². The lowest BCUT2D eigenvalue weighted by Gasteiger charge is -2.29. The van der Waals surface area contributed by atoms with Crippen molar-refractivity contribution < 1.29 is 17.9 Å². The van der Waals surface area contributed by atoms with E-state index in [4.69, 9.17) is 10.5 Å². The van der Waals surface area contributed by atoms with E-state index < -0.39 is 17.5 Å². The van der Waals surface area contributed by atoms with Crippen LogP contribution in [0.2, 0.25) is 0 Å². The molecule has 2 N–H and O–H groups in total. The highest BCUT2D eigenvalue weighted by atomic mass is 19.2. The molecule has 6 heteroatoms. The number of rotatable bonds is 5. The molecule has 2 rings (SSSR count). The van der Waals surface area contributed by atoms with Crippen LogP contribution in [0.15, 0.2) is 12.1 Å². The van der Waals surface area contributed by atoms with Crippen molar-refractivity contribution in [2.45, 2.75) is 25.0 Å². The summed E-state index contributed by atoms with van der Waals surface area (Å²) in [5.74, 6) is -3.83. The molecule has 1 saturated heterocycles. The van der Waals surface area contributed by atoms with Crippen LogP contribution < -0.4 is 5.73 Å². The van der Waals surface area contributed by atoms with Crippen LogP contribution in [0.25, 0.3) is 0 Å². The monoisotopic (exact) mass is 288 g/mol. The number of hydrogen-bond acceptors (Lipinski definition) is 3. The van der Waals surface area contributed by atoms with Gasteiger partial charge in [-0.15, -0.1) is 0 Å². The average molecular weight is 288 g/mol. The van der Waals surface area contributed by atoms with E-state index in [0.29, 0.717) is 12.1 Å². The van der Waals surface area contributed by atoms with E-state index in [1.54, 1.807) is 0 Å². The van der Waals surface area contributed by atoms with Crippen LogP contribution in [0.1, 0.15) is 24.4 Å². The first-order valence-electron chi connectivity index (χ1n) is 6.69. The Morgan fingerprint density at radius 2 is 2.00 bits per heavy atom. The first kappa shape index (κ1) is 15.3. The van der Waals surface area contributed by atoms with Crippen LogP contribution in [-0.4, -0.2) is 37.7 Å². The van der Waals surface area contributed by atoms with Crippen molar-refractivity contribution in [2.24, 2.45) is 5.73 Å².